The van der Waals surface area contributed by atoms with Crippen LogP contribution in [0.1, 0.15) is 64.9 Å². The molecule has 2 heterocycles. The van der Waals surface area contributed by atoms with Crippen molar-refractivity contribution in [2.75, 3.05) is 11.9 Å². The van der Waals surface area contributed by atoms with Crippen LogP contribution >= 0.6 is 11.3 Å². The fourth-order valence-corrected chi connectivity index (χ4v) is 5.42. The van der Waals surface area contributed by atoms with Gasteiger partial charge >= 0.3 is 11.9 Å². The predicted molar refractivity (Wildman–Crippen MR) is 129 cm³/mol. The van der Waals surface area contributed by atoms with E-state index in [9.17, 15) is 14.4 Å². The number of hydrogen-bond donors (Lipinski definition) is 1. The molecule has 1 N–H and O–H groups in total. The molecule has 2 atom stereocenters. The number of ether oxygens (including phenoxy) is 2. The van der Waals surface area contributed by atoms with E-state index >= 15 is 0 Å². The Balaban J connectivity index is 1.53. The number of nitrogens with one attached hydrogen (secondary N) is 1. The predicted octanol–water partition coefficient (Wildman–Crippen LogP) is 4.57. The molecule has 1 aliphatic rings. The van der Waals surface area contributed by atoms with Crippen molar-refractivity contribution in [2.45, 2.75) is 52.6 Å². The summed E-state index contributed by atoms with van der Waals surface area (Å²) in [6, 6.07) is 7.18. The molecule has 2 aromatic heterocycles. The van der Waals surface area contributed by atoms with Crippen LogP contribution in [0.15, 0.2) is 30.5 Å². The topological polar surface area (TPSA) is 107 Å². The molecule has 0 spiro atoms. The molecule has 34 heavy (non-hydrogen) atoms. The molecule has 0 radical (unpaired) electrons. The number of esters is 2. The number of nitrogens with zero attached hydrogens (tertiary/aromatic N) is 2. The molecule has 0 fully saturated rings. The average molecular weight is 482 g/mol. The normalized spacial score (nSPS) is 15.9. The highest BCUT2D eigenvalue weighted by atomic mass is 32.1. The van der Waals surface area contributed by atoms with Gasteiger partial charge in [-0.3, -0.25) is 9.78 Å². The number of anilines is 1. The lowest BCUT2D eigenvalue weighted by Crippen LogP contribution is -2.32. The van der Waals surface area contributed by atoms with Gasteiger partial charge in [0.2, 0.25) is 0 Å². The molecule has 0 saturated heterocycles. The SMILES string of the molecule is CCOC(=O)c1c(NC(=O)C(CC)OC(=O)c2cnc3ccccc3n2)sc2c1CCC(C)C2. The first-order chi connectivity index (χ1) is 16.4. The Kier molecular flexibility index (Phi) is 7.21. The zero-order chi connectivity index (χ0) is 24.2. The lowest BCUT2D eigenvalue weighted by Gasteiger charge is -2.18. The second kappa shape index (κ2) is 10.3. The smallest absolute Gasteiger partial charge is 0.359 e. The van der Waals surface area contributed by atoms with E-state index in [-0.39, 0.29) is 18.7 Å². The van der Waals surface area contributed by atoms with Crippen molar-refractivity contribution < 1.29 is 23.9 Å². The van der Waals surface area contributed by atoms with Gasteiger partial charge in [0.05, 0.1) is 29.4 Å². The third kappa shape index (κ3) is 4.94. The Labute approximate surface area is 201 Å². The summed E-state index contributed by atoms with van der Waals surface area (Å²) >= 11 is 1.40. The summed E-state index contributed by atoms with van der Waals surface area (Å²) in [7, 11) is 0. The van der Waals surface area contributed by atoms with Crippen molar-refractivity contribution in [3.05, 3.63) is 52.2 Å². The Hall–Kier alpha value is -3.33. The van der Waals surface area contributed by atoms with Gasteiger partial charge in [0.15, 0.2) is 11.8 Å². The number of carbonyl (C=O) groups excluding carboxylic acids is 3. The molecule has 1 aliphatic carbocycles. The third-order valence-corrected chi connectivity index (χ3v) is 6.97. The van der Waals surface area contributed by atoms with E-state index in [1.807, 2.05) is 6.07 Å². The first kappa shape index (κ1) is 23.8. The number of carbonyl (C=O) groups is 3. The van der Waals surface area contributed by atoms with Crippen molar-refractivity contribution in [1.29, 1.82) is 0 Å². The zero-order valence-electron chi connectivity index (χ0n) is 19.4. The molecule has 4 rings (SSSR count). The molecule has 178 valence electrons. The van der Waals surface area contributed by atoms with Crippen LogP contribution in [-0.2, 0) is 27.1 Å². The minimum absolute atomic E-state index is 0.0257. The molecule has 8 nitrogen and oxygen atoms in total. The number of amides is 1. The first-order valence-corrected chi connectivity index (χ1v) is 12.3. The third-order valence-electron chi connectivity index (χ3n) is 5.80. The van der Waals surface area contributed by atoms with Crippen LogP contribution in [0.5, 0.6) is 0 Å². The maximum atomic E-state index is 13.1. The lowest BCUT2D eigenvalue weighted by atomic mass is 9.88. The Morgan fingerprint density at radius 1 is 1.18 bits per heavy atom. The van der Waals surface area contributed by atoms with Crippen molar-refractivity contribution >= 4 is 45.2 Å². The molecule has 3 aromatic rings. The minimum Gasteiger partial charge on any atom is -0.462 e. The molecule has 0 aliphatic heterocycles. The van der Waals surface area contributed by atoms with Gasteiger partial charge in [0.25, 0.3) is 5.91 Å². The van der Waals surface area contributed by atoms with Gasteiger partial charge in [-0.15, -0.1) is 11.3 Å². The van der Waals surface area contributed by atoms with Crippen LogP contribution in [0, 0.1) is 5.92 Å². The van der Waals surface area contributed by atoms with E-state index in [4.69, 9.17) is 9.47 Å². The van der Waals surface area contributed by atoms with Crippen molar-refractivity contribution in [3.8, 4) is 0 Å². The molecule has 9 heteroatoms. The summed E-state index contributed by atoms with van der Waals surface area (Å²) in [5, 5.41) is 3.27. The van der Waals surface area contributed by atoms with Crippen molar-refractivity contribution in [2.24, 2.45) is 5.92 Å². The van der Waals surface area contributed by atoms with E-state index in [0.717, 1.165) is 29.7 Å². The summed E-state index contributed by atoms with van der Waals surface area (Å²) < 4.78 is 10.7. The number of rotatable bonds is 7. The Morgan fingerprint density at radius 2 is 1.94 bits per heavy atom. The first-order valence-electron chi connectivity index (χ1n) is 11.5. The Morgan fingerprint density at radius 3 is 2.68 bits per heavy atom. The molecule has 1 aromatic carbocycles. The van der Waals surface area contributed by atoms with E-state index in [0.29, 0.717) is 27.5 Å². The zero-order valence-corrected chi connectivity index (χ0v) is 20.2. The standard InChI is InChI=1S/C25H27N3O5S/c1-4-19(33-24(30)18-13-26-16-8-6-7-9-17(16)27-18)22(29)28-23-21(25(31)32-5-2)15-11-10-14(3)12-20(15)34-23/h6-9,13-14,19H,4-5,10-12H2,1-3H3,(H,28,29). The van der Waals surface area contributed by atoms with Gasteiger partial charge in [-0.05, 0) is 56.2 Å². The van der Waals surface area contributed by atoms with Gasteiger partial charge in [-0.2, -0.15) is 0 Å². The summed E-state index contributed by atoms with van der Waals surface area (Å²) in [4.78, 5) is 48.1. The van der Waals surface area contributed by atoms with Crippen LogP contribution in [0.25, 0.3) is 11.0 Å². The number of hydrogen-bond acceptors (Lipinski definition) is 8. The van der Waals surface area contributed by atoms with E-state index in [1.54, 1.807) is 32.0 Å². The largest absolute Gasteiger partial charge is 0.462 e. The van der Waals surface area contributed by atoms with Crippen LogP contribution in [0.4, 0.5) is 5.00 Å². The average Bonchev–Trinajstić information content (AvgIpc) is 3.18. The number of fused-ring (bicyclic) bond motifs is 2. The highest BCUT2D eigenvalue weighted by Gasteiger charge is 2.31. The van der Waals surface area contributed by atoms with Gasteiger partial charge in [0.1, 0.15) is 5.00 Å². The summed E-state index contributed by atoms with van der Waals surface area (Å²) in [5.41, 5.74) is 2.62. The molecule has 0 bridgehead atoms. The highest BCUT2D eigenvalue weighted by molar-refractivity contribution is 7.17. The van der Waals surface area contributed by atoms with E-state index in [2.05, 4.69) is 22.2 Å². The monoisotopic (exact) mass is 481 g/mol. The highest BCUT2D eigenvalue weighted by Crippen LogP contribution is 2.40. The van der Waals surface area contributed by atoms with E-state index in [1.165, 1.54) is 17.5 Å². The lowest BCUT2D eigenvalue weighted by molar-refractivity contribution is -0.124. The van der Waals surface area contributed by atoms with Crippen molar-refractivity contribution in [1.82, 2.24) is 9.97 Å². The fraction of sp³-hybridized carbons (Fsp3) is 0.400. The number of para-hydroxylation sites is 2. The second-order valence-electron chi connectivity index (χ2n) is 8.31. The van der Waals surface area contributed by atoms with Gasteiger partial charge < -0.3 is 14.8 Å². The van der Waals surface area contributed by atoms with Gasteiger partial charge in [-0.1, -0.05) is 26.0 Å². The molecular formula is C25H27N3O5S. The molecule has 1 amide bonds. The van der Waals surface area contributed by atoms with Crippen LogP contribution in [0.2, 0.25) is 0 Å². The number of benzene rings is 1. The van der Waals surface area contributed by atoms with Crippen LogP contribution in [-0.4, -0.2) is 40.5 Å². The molecule has 2 unspecified atom stereocenters. The maximum absolute atomic E-state index is 13.1. The maximum Gasteiger partial charge on any atom is 0.359 e. The van der Waals surface area contributed by atoms with Crippen LogP contribution < -0.4 is 5.32 Å². The van der Waals surface area contributed by atoms with E-state index < -0.39 is 23.9 Å². The quantitative estimate of drug-likeness (QED) is 0.493. The van der Waals surface area contributed by atoms with Crippen LogP contribution in [0.3, 0.4) is 0 Å². The second-order valence-corrected chi connectivity index (χ2v) is 9.42. The Bertz CT molecular complexity index is 1240. The fourth-order valence-electron chi connectivity index (χ4n) is 4.02. The minimum atomic E-state index is -1.05. The summed E-state index contributed by atoms with van der Waals surface area (Å²) in [6.45, 7) is 5.92. The van der Waals surface area contributed by atoms with Gasteiger partial charge in [-0.25, -0.2) is 14.6 Å². The number of aromatic nitrogens is 2. The van der Waals surface area contributed by atoms with Gasteiger partial charge in [0, 0.05) is 4.88 Å². The number of thiophene rings is 1. The molecular weight excluding hydrogens is 454 g/mol. The summed E-state index contributed by atoms with van der Waals surface area (Å²) in [6.07, 6.45) is 3.15. The molecule has 0 saturated carbocycles. The summed E-state index contributed by atoms with van der Waals surface area (Å²) in [5.74, 6) is -1.16. The van der Waals surface area contributed by atoms with Crippen molar-refractivity contribution in [3.63, 3.8) is 0 Å².